The highest BCUT2D eigenvalue weighted by Crippen LogP contribution is 2.28. The number of thioether (sulfide) groups is 1. The molecule has 0 unspecified atom stereocenters. The molecule has 0 bridgehead atoms. The Morgan fingerprint density at radius 1 is 1.50 bits per heavy atom. The second-order valence-electron chi connectivity index (χ2n) is 2.42. The summed E-state index contributed by atoms with van der Waals surface area (Å²) in [5.41, 5.74) is -0.453. The number of methoxy groups -OCH3 is 1. The first-order valence-electron chi connectivity index (χ1n) is 3.37. The van der Waals surface area contributed by atoms with E-state index in [2.05, 4.69) is 6.07 Å². The molecule has 0 amide bonds. The van der Waals surface area contributed by atoms with E-state index >= 15 is 0 Å². The van der Waals surface area contributed by atoms with E-state index in [1.165, 1.54) is 0 Å². The number of hydrogen-bond donors (Lipinski definition) is 0. The molecule has 0 N–H and O–H groups in total. The average molecular weight is 157 g/mol. The highest BCUT2D eigenvalue weighted by molar-refractivity contribution is 7.99. The van der Waals surface area contributed by atoms with Crippen LogP contribution in [-0.2, 0) is 4.74 Å². The van der Waals surface area contributed by atoms with E-state index in [0.29, 0.717) is 0 Å². The molecule has 0 atom stereocenters. The van der Waals surface area contributed by atoms with Crippen molar-refractivity contribution in [2.24, 2.45) is 0 Å². The van der Waals surface area contributed by atoms with Gasteiger partial charge in [0.05, 0.1) is 6.07 Å². The molecule has 1 heterocycles. The SMILES string of the molecule is COC1(C#N)CCSCC1. The molecule has 1 rings (SSSR count). The molecule has 0 aromatic carbocycles. The van der Waals surface area contributed by atoms with Crippen LogP contribution in [0.15, 0.2) is 0 Å². The molecule has 2 nitrogen and oxygen atoms in total. The first kappa shape index (κ1) is 7.90. The molecule has 0 radical (unpaired) electrons. The van der Waals surface area contributed by atoms with Crippen molar-refractivity contribution in [2.45, 2.75) is 18.4 Å². The summed E-state index contributed by atoms with van der Waals surface area (Å²) in [4.78, 5) is 0. The lowest BCUT2D eigenvalue weighted by Crippen LogP contribution is -2.33. The third-order valence-electron chi connectivity index (χ3n) is 1.89. The number of rotatable bonds is 1. The van der Waals surface area contributed by atoms with E-state index in [4.69, 9.17) is 10.00 Å². The molecule has 3 heteroatoms. The van der Waals surface area contributed by atoms with Crippen LogP contribution in [0.4, 0.5) is 0 Å². The van der Waals surface area contributed by atoms with Crippen LogP contribution in [0, 0.1) is 11.3 Å². The fourth-order valence-electron chi connectivity index (χ4n) is 1.06. The molecule has 0 spiro atoms. The lowest BCUT2D eigenvalue weighted by atomic mass is 9.99. The van der Waals surface area contributed by atoms with Crippen molar-refractivity contribution >= 4 is 11.8 Å². The minimum absolute atomic E-state index is 0.453. The maximum atomic E-state index is 8.76. The van der Waals surface area contributed by atoms with Crippen LogP contribution in [0.25, 0.3) is 0 Å². The van der Waals surface area contributed by atoms with Gasteiger partial charge in [0.15, 0.2) is 5.60 Å². The van der Waals surface area contributed by atoms with Crippen LogP contribution in [0.5, 0.6) is 0 Å². The zero-order valence-corrected chi connectivity index (χ0v) is 6.91. The van der Waals surface area contributed by atoms with Gasteiger partial charge >= 0.3 is 0 Å². The van der Waals surface area contributed by atoms with Gasteiger partial charge in [-0.1, -0.05) is 0 Å². The van der Waals surface area contributed by atoms with Gasteiger partial charge in [0.1, 0.15) is 0 Å². The fourth-order valence-corrected chi connectivity index (χ4v) is 2.21. The van der Waals surface area contributed by atoms with Crippen LogP contribution in [0.3, 0.4) is 0 Å². The molecule has 0 aromatic heterocycles. The maximum Gasteiger partial charge on any atom is 0.155 e. The summed E-state index contributed by atoms with van der Waals surface area (Å²) in [5, 5.41) is 8.76. The number of hydrogen-bond acceptors (Lipinski definition) is 3. The van der Waals surface area contributed by atoms with E-state index in [0.717, 1.165) is 24.3 Å². The van der Waals surface area contributed by atoms with Crippen molar-refractivity contribution in [3.05, 3.63) is 0 Å². The Hall–Kier alpha value is -0.200. The third kappa shape index (κ3) is 1.44. The minimum Gasteiger partial charge on any atom is -0.363 e. The zero-order valence-electron chi connectivity index (χ0n) is 6.09. The van der Waals surface area contributed by atoms with Crippen molar-refractivity contribution in [1.82, 2.24) is 0 Å². The van der Waals surface area contributed by atoms with Crippen molar-refractivity contribution < 1.29 is 4.74 Å². The van der Waals surface area contributed by atoms with Crippen molar-refractivity contribution in [1.29, 1.82) is 5.26 Å². The standard InChI is InChI=1S/C7H11NOS/c1-9-7(6-8)2-4-10-5-3-7/h2-5H2,1H3. The molecule has 0 aromatic rings. The molecule has 1 fully saturated rings. The molecule has 10 heavy (non-hydrogen) atoms. The van der Waals surface area contributed by atoms with Gasteiger partial charge in [-0.05, 0) is 24.3 Å². The topological polar surface area (TPSA) is 33.0 Å². The average Bonchev–Trinajstić information content (AvgIpc) is 2.06. The normalized spacial score (nSPS) is 23.6. The first-order valence-corrected chi connectivity index (χ1v) is 4.53. The Morgan fingerprint density at radius 3 is 2.40 bits per heavy atom. The Morgan fingerprint density at radius 2 is 2.10 bits per heavy atom. The van der Waals surface area contributed by atoms with Gasteiger partial charge in [-0.25, -0.2) is 0 Å². The van der Waals surface area contributed by atoms with Gasteiger partial charge in [-0.2, -0.15) is 17.0 Å². The van der Waals surface area contributed by atoms with Crippen LogP contribution in [0.2, 0.25) is 0 Å². The number of nitrogens with zero attached hydrogens (tertiary/aromatic N) is 1. The van der Waals surface area contributed by atoms with Crippen molar-refractivity contribution in [3.8, 4) is 6.07 Å². The van der Waals surface area contributed by atoms with E-state index < -0.39 is 5.60 Å². The van der Waals surface area contributed by atoms with E-state index in [-0.39, 0.29) is 0 Å². The second kappa shape index (κ2) is 3.27. The van der Waals surface area contributed by atoms with Crippen molar-refractivity contribution in [2.75, 3.05) is 18.6 Å². The summed E-state index contributed by atoms with van der Waals surface area (Å²) in [7, 11) is 1.62. The molecule has 0 saturated carbocycles. The van der Waals surface area contributed by atoms with Crippen LogP contribution < -0.4 is 0 Å². The van der Waals surface area contributed by atoms with Crippen molar-refractivity contribution in [3.63, 3.8) is 0 Å². The predicted molar refractivity (Wildman–Crippen MR) is 41.9 cm³/mol. The zero-order chi connectivity index (χ0) is 7.45. The molecule has 0 aliphatic carbocycles. The molecule has 1 aliphatic heterocycles. The highest BCUT2D eigenvalue weighted by atomic mass is 32.2. The lowest BCUT2D eigenvalue weighted by molar-refractivity contribution is 0.0324. The summed E-state index contributed by atoms with van der Waals surface area (Å²) in [6.07, 6.45) is 1.76. The number of nitriles is 1. The molecular weight excluding hydrogens is 146 g/mol. The molecule has 1 saturated heterocycles. The summed E-state index contributed by atoms with van der Waals surface area (Å²) >= 11 is 1.90. The summed E-state index contributed by atoms with van der Waals surface area (Å²) in [6, 6.07) is 2.23. The Kier molecular flexibility index (Phi) is 2.58. The maximum absolute atomic E-state index is 8.76. The van der Waals surface area contributed by atoms with Gasteiger partial charge in [-0.3, -0.25) is 0 Å². The van der Waals surface area contributed by atoms with Gasteiger partial charge in [-0.15, -0.1) is 0 Å². The van der Waals surface area contributed by atoms with Crippen LogP contribution in [0.1, 0.15) is 12.8 Å². The smallest absolute Gasteiger partial charge is 0.155 e. The molecule has 1 aliphatic rings. The lowest BCUT2D eigenvalue weighted by Gasteiger charge is -2.28. The summed E-state index contributed by atoms with van der Waals surface area (Å²) < 4.78 is 5.15. The van der Waals surface area contributed by atoms with Crippen LogP contribution >= 0.6 is 11.8 Å². The van der Waals surface area contributed by atoms with E-state index in [9.17, 15) is 0 Å². The van der Waals surface area contributed by atoms with E-state index in [1.54, 1.807) is 7.11 Å². The third-order valence-corrected chi connectivity index (χ3v) is 2.88. The number of ether oxygens (including phenoxy) is 1. The Labute approximate surface area is 65.6 Å². The van der Waals surface area contributed by atoms with Crippen LogP contribution in [-0.4, -0.2) is 24.2 Å². The summed E-state index contributed by atoms with van der Waals surface area (Å²) in [6.45, 7) is 0. The first-order chi connectivity index (χ1) is 4.83. The van der Waals surface area contributed by atoms with Gasteiger partial charge in [0.2, 0.25) is 0 Å². The quantitative estimate of drug-likeness (QED) is 0.577. The minimum atomic E-state index is -0.453. The monoisotopic (exact) mass is 157 g/mol. The second-order valence-corrected chi connectivity index (χ2v) is 3.65. The largest absolute Gasteiger partial charge is 0.363 e. The molecular formula is C7H11NOS. The molecule has 56 valence electrons. The Bertz CT molecular complexity index is 146. The van der Waals surface area contributed by atoms with Gasteiger partial charge < -0.3 is 4.74 Å². The van der Waals surface area contributed by atoms with E-state index in [1.807, 2.05) is 11.8 Å². The highest BCUT2D eigenvalue weighted by Gasteiger charge is 2.31. The predicted octanol–water partition coefficient (Wildman–Crippen LogP) is 1.42. The van der Waals surface area contributed by atoms with Gasteiger partial charge in [0.25, 0.3) is 0 Å². The fraction of sp³-hybridized carbons (Fsp3) is 0.857. The van der Waals surface area contributed by atoms with Gasteiger partial charge in [0, 0.05) is 7.11 Å². The summed E-state index contributed by atoms with van der Waals surface area (Å²) in [5.74, 6) is 2.11. The Balaban J connectivity index is 2.55.